The molecule has 0 aliphatic rings. The summed E-state index contributed by atoms with van der Waals surface area (Å²) in [6.07, 6.45) is 3.59. The lowest BCUT2D eigenvalue weighted by molar-refractivity contribution is -0.117. The molecule has 3 aromatic carbocycles. The molecule has 0 spiro atoms. The second kappa shape index (κ2) is 11.7. The summed E-state index contributed by atoms with van der Waals surface area (Å²) in [5, 5.41) is 0. The maximum atomic E-state index is 12.7. The van der Waals surface area contributed by atoms with Gasteiger partial charge in [0.15, 0.2) is 11.5 Å². The fourth-order valence-corrected chi connectivity index (χ4v) is 3.59. The molecule has 0 unspecified atom stereocenters. The number of rotatable bonds is 12. The number of para-hydroxylation sites is 1. The summed E-state index contributed by atoms with van der Waals surface area (Å²) in [6, 6.07) is 22.9. The molecule has 0 saturated carbocycles. The lowest BCUT2D eigenvalue weighted by atomic mass is 10.1. The van der Waals surface area contributed by atoms with Crippen molar-refractivity contribution < 1.29 is 23.4 Å². The molecule has 4 rings (SSSR count). The largest absolute Gasteiger partial charge is 0.493 e. The summed E-state index contributed by atoms with van der Waals surface area (Å²) in [4.78, 5) is 17.2. The Morgan fingerprint density at radius 1 is 0.943 bits per heavy atom. The molecule has 0 aliphatic heterocycles. The number of aromatic nitrogens is 1. The van der Waals surface area contributed by atoms with E-state index < -0.39 is 0 Å². The average Bonchev–Trinajstić information content (AvgIpc) is 3.35. The minimum absolute atomic E-state index is 0.0149. The molecule has 0 atom stereocenters. The van der Waals surface area contributed by atoms with Crippen LogP contribution < -0.4 is 14.2 Å². The Hall–Kier alpha value is -4.32. The molecular weight excluding hydrogens is 442 g/mol. The number of hydrogen-bond donors (Lipinski definition) is 0. The van der Waals surface area contributed by atoms with Crippen molar-refractivity contribution in [1.82, 2.24) is 4.98 Å². The maximum Gasteiger partial charge on any atom is 0.226 e. The minimum atomic E-state index is 0.0149. The summed E-state index contributed by atoms with van der Waals surface area (Å²) >= 11 is 0. The lowest BCUT2D eigenvalue weighted by Crippen LogP contribution is -2.08. The Kier molecular flexibility index (Phi) is 7.96. The van der Waals surface area contributed by atoms with E-state index in [-0.39, 0.29) is 18.6 Å². The number of carbonyl (C=O) groups excluding carboxylic acids is 1. The molecule has 0 bridgehead atoms. The third-order valence-electron chi connectivity index (χ3n) is 5.29. The quantitative estimate of drug-likeness (QED) is 0.243. The first kappa shape index (κ1) is 23.8. The van der Waals surface area contributed by atoms with Gasteiger partial charge in [0.2, 0.25) is 5.89 Å². The van der Waals surface area contributed by atoms with E-state index in [9.17, 15) is 4.79 Å². The molecule has 0 fully saturated rings. The van der Waals surface area contributed by atoms with Crippen LogP contribution in [0.25, 0.3) is 11.5 Å². The van der Waals surface area contributed by atoms with Crippen LogP contribution in [0.3, 0.4) is 0 Å². The first-order valence-corrected chi connectivity index (χ1v) is 11.3. The predicted molar refractivity (Wildman–Crippen MR) is 134 cm³/mol. The molecule has 1 aromatic heterocycles. The van der Waals surface area contributed by atoms with Crippen molar-refractivity contribution in [1.29, 1.82) is 0 Å². The van der Waals surface area contributed by atoms with Crippen LogP contribution in [-0.2, 0) is 24.2 Å². The number of methoxy groups -OCH3 is 1. The zero-order valence-corrected chi connectivity index (χ0v) is 19.6. The van der Waals surface area contributed by atoms with Gasteiger partial charge in [-0.05, 0) is 29.8 Å². The number of Topliss-reactive ketones (excluding diaryl/α,β-unsaturated/α-hetero) is 1. The molecule has 6 heteroatoms. The number of nitrogens with zero attached hydrogens (tertiary/aromatic N) is 1. The summed E-state index contributed by atoms with van der Waals surface area (Å²) < 4.78 is 22.7. The standard InChI is InChI=1S/C29H27NO5/c1-3-15-33-26-12-8-7-11-22(26)16-25(31)18-24-20-35-29(30-24)23-13-14-27(32-2)28(17-23)34-19-21-9-5-4-6-10-21/h3-14,17,20H,1,15-16,18-19H2,2H3. The summed E-state index contributed by atoms with van der Waals surface area (Å²) in [5.41, 5.74) is 3.18. The van der Waals surface area contributed by atoms with E-state index in [1.165, 1.54) is 6.26 Å². The van der Waals surface area contributed by atoms with Gasteiger partial charge < -0.3 is 18.6 Å². The Balaban J connectivity index is 1.43. The summed E-state index contributed by atoms with van der Waals surface area (Å²) in [5.74, 6) is 2.31. The van der Waals surface area contributed by atoms with Crippen LogP contribution in [0, 0.1) is 0 Å². The number of ketones is 1. The van der Waals surface area contributed by atoms with E-state index in [0.717, 1.165) is 16.7 Å². The van der Waals surface area contributed by atoms with E-state index in [0.29, 0.717) is 42.0 Å². The van der Waals surface area contributed by atoms with Gasteiger partial charge in [0.1, 0.15) is 31.0 Å². The third-order valence-corrected chi connectivity index (χ3v) is 5.29. The van der Waals surface area contributed by atoms with Gasteiger partial charge in [-0.2, -0.15) is 0 Å². The monoisotopic (exact) mass is 469 g/mol. The zero-order chi connectivity index (χ0) is 24.5. The van der Waals surface area contributed by atoms with E-state index in [1.807, 2.05) is 72.8 Å². The second-order valence-corrected chi connectivity index (χ2v) is 7.88. The molecule has 0 aliphatic carbocycles. The van der Waals surface area contributed by atoms with E-state index in [2.05, 4.69) is 11.6 Å². The van der Waals surface area contributed by atoms with Crippen molar-refractivity contribution in [2.24, 2.45) is 0 Å². The molecule has 0 amide bonds. The van der Waals surface area contributed by atoms with Gasteiger partial charge in [0, 0.05) is 17.5 Å². The molecule has 4 aromatic rings. The number of carbonyl (C=O) groups is 1. The van der Waals surface area contributed by atoms with Crippen molar-refractivity contribution >= 4 is 5.78 Å². The molecule has 1 heterocycles. The van der Waals surface area contributed by atoms with Gasteiger partial charge in [-0.3, -0.25) is 4.79 Å². The van der Waals surface area contributed by atoms with Gasteiger partial charge in [0.25, 0.3) is 0 Å². The molecular formula is C29H27NO5. The first-order chi connectivity index (χ1) is 17.2. The van der Waals surface area contributed by atoms with E-state index in [1.54, 1.807) is 13.2 Å². The fraction of sp³-hybridized carbons (Fsp3) is 0.172. The van der Waals surface area contributed by atoms with Crippen LogP contribution >= 0.6 is 0 Å². The number of oxazole rings is 1. The van der Waals surface area contributed by atoms with Gasteiger partial charge in [-0.25, -0.2) is 4.98 Å². The molecule has 0 saturated heterocycles. The minimum Gasteiger partial charge on any atom is -0.493 e. The molecule has 178 valence electrons. The van der Waals surface area contributed by atoms with Crippen LogP contribution in [0.2, 0.25) is 0 Å². The normalized spacial score (nSPS) is 10.5. The average molecular weight is 470 g/mol. The Labute approximate surface area is 204 Å². The van der Waals surface area contributed by atoms with Crippen molar-refractivity contribution in [3.8, 4) is 28.7 Å². The van der Waals surface area contributed by atoms with Gasteiger partial charge >= 0.3 is 0 Å². The Bertz CT molecular complexity index is 1280. The number of ether oxygens (including phenoxy) is 3. The number of benzene rings is 3. The van der Waals surface area contributed by atoms with Gasteiger partial charge in [-0.1, -0.05) is 61.2 Å². The highest BCUT2D eigenvalue weighted by Gasteiger charge is 2.15. The molecule has 35 heavy (non-hydrogen) atoms. The van der Waals surface area contributed by atoms with Crippen molar-refractivity contribution in [3.05, 3.63) is 109 Å². The van der Waals surface area contributed by atoms with Crippen LogP contribution in [0.4, 0.5) is 0 Å². The summed E-state index contributed by atoms with van der Waals surface area (Å²) in [6.45, 7) is 4.46. The third kappa shape index (κ3) is 6.38. The highest BCUT2D eigenvalue weighted by Crippen LogP contribution is 2.33. The van der Waals surface area contributed by atoms with Gasteiger partial charge in [-0.15, -0.1) is 0 Å². The Morgan fingerprint density at radius 3 is 2.54 bits per heavy atom. The van der Waals surface area contributed by atoms with E-state index >= 15 is 0 Å². The highest BCUT2D eigenvalue weighted by molar-refractivity contribution is 5.83. The highest BCUT2D eigenvalue weighted by atomic mass is 16.5. The van der Waals surface area contributed by atoms with Crippen LogP contribution in [-0.4, -0.2) is 24.5 Å². The lowest BCUT2D eigenvalue weighted by Gasteiger charge is -2.11. The SMILES string of the molecule is C=CCOc1ccccc1CC(=O)Cc1coc(-c2ccc(OC)c(OCc3ccccc3)c2)n1. The molecule has 0 N–H and O–H groups in total. The smallest absolute Gasteiger partial charge is 0.226 e. The second-order valence-electron chi connectivity index (χ2n) is 7.88. The van der Waals surface area contributed by atoms with E-state index in [4.69, 9.17) is 18.6 Å². The van der Waals surface area contributed by atoms with Crippen molar-refractivity contribution in [2.75, 3.05) is 13.7 Å². The molecule has 6 nitrogen and oxygen atoms in total. The van der Waals surface area contributed by atoms with Crippen molar-refractivity contribution in [2.45, 2.75) is 19.4 Å². The maximum absolute atomic E-state index is 12.7. The predicted octanol–water partition coefficient (Wildman–Crippen LogP) is 5.85. The van der Waals surface area contributed by atoms with Crippen LogP contribution in [0.15, 0.2) is 96.1 Å². The fourth-order valence-electron chi connectivity index (χ4n) is 3.59. The number of hydrogen-bond acceptors (Lipinski definition) is 6. The Morgan fingerprint density at radius 2 is 1.74 bits per heavy atom. The van der Waals surface area contributed by atoms with Crippen LogP contribution in [0.1, 0.15) is 16.8 Å². The van der Waals surface area contributed by atoms with Gasteiger partial charge in [0.05, 0.1) is 19.2 Å². The van der Waals surface area contributed by atoms with Crippen molar-refractivity contribution in [3.63, 3.8) is 0 Å². The first-order valence-electron chi connectivity index (χ1n) is 11.3. The zero-order valence-electron chi connectivity index (χ0n) is 19.6. The van der Waals surface area contributed by atoms with Crippen LogP contribution in [0.5, 0.6) is 17.2 Å². The topological polar surface area (TPSA) is 70.8 Å². The summed E-state index contributed by atoms with van der Waals surface area (Å²) in [7, 11) is 1.60. The molecule has 0 radical (unpaired) electrons.